The topological polar surface area (TPSA) is 53.6 Å². The fourth-order valence-electron chi connectivity index (χ4n) is 2.23. The Hall–Kier alpha value is -1.94. The lowest BCUT2D eigenvalue weighted by Crippen LogP contribution is -2.22. The summed E-state index contributed by atoms with van der Waals surface area (Å²) in [6.07, 6.45) is 3.42. The minimum Gasteiger partial charge on any atom is -0.303 e. The van der Waals surface area contributed by atoms with Gasteiger partial charge < -0.3 is 5.32 Å². The first kappa shape index (κ1) is 16.4. The molecule has 4 heteroatoms. The zero-order valence-electron chi connectivity index (χ0n) is 13.9. The highest BCUT2D eigenvalue weighted by Crippen LogP contribution is 2.17. The van der Waals surface area contributed by atoms with Crippen LogP contribution in [0.15, 0.2) is 36.4 Å². The summed E-state index contributed by atoms with van der Waals surface area (Å²) < 4.78 is 0. The number of H-pyrrole nitrogens is 1. The van der Waals surface area contributed by atoms with Crippen molar-refractivity contribution in [2.45, 2.75) is 40.2 Å². The molecule has 0 bridgehead atoms. The van der Waals surface area contributed by atoms with Crippen LogP contribution in [-0.2, 0) is 0 Å². The standard InChI is InChI=1S/C18H26N4/c1-13(2)10-11-17(16-8-6-5-7-9-16)12-19-14(3)18-20-15(4)21-22-18/h5-9,11,13-14,19H,10,12H2,1-4H3,(H,20,21,22)/b17-11+. The highest BCUT2D eigenvalue weighted by atomic mass is 15.2. The van der Waals surface area contributed by atoms with Gasteiger partial charge in [0.1, 0.15) is 5.82 Å². The van der Waals surface area contributed by atoms with Crippen LogP contribution in [0.2, 0.25) is 0 Å². The predicted molar refractivity (Wildman–Crippen MR) is 91.4 cm³/mol. The molecule has 0 fully saturated rings. The number of aromatic nitrogens is 3. The third kappa shape index (κ3) is 4.81. The molecule has 0 aliphatic carbocycles. The zero-order chi connectivity index (χ0) is 15.9. The molecule has 118 valence electrons. The van der Waals surface area contributed by atoms with E-state index in [1.807, 2.05) is 6.92 Å². The van der Waals surface area contributed by atoms with E-state index in [4.69, 9.17) is 0 Å². The fourth-order valence-corrected chi connectivity index (χ4v) is 2.23. The van der Waals surface area contributed by atoms with Crippen molar-refractivity contribution in [3.05, 3.63) is 53.6 Å². The van der Waals surface area contributed by atoms with Crippen molar-refractivity contribution in [1.29, 1.82) is 0 Å². The minimum atomic E-state index is 0.121. The van der Waals surface area contributed by atoms with Gasteiger partial charge in [-0.1, -0.05) is 50.3 Å². The summed E-state index contributed by atoms with van der Waals surface area (Å²) in [5, 5.41) is 10.6. The summed E-state index contributed by atoms with van der Waals surface area (Å²) in [4.78, 5) is 4.39. The van der Waals surface area contributed by atoms with Crippen molar-refractivity contribution < 1.29 is 0 Å². The van der Waals surface area contributed by atoms with E-state index in [1.54, 1.807) is 0 Å². The van der Waals surface area contributed by atoms with Crippen molar-refractivity contribution in [2.75, 3.05) is 6.54 Å². The lowest BCUT2D eigenvalue weighted by molar-refractivity contribution is 0.587. The van der Waals surface area contributed by atoms with Gasteiger partial charge in [-0.2, -0.15) is 5.10 Å². The van der Waals surface area contributed by atoms with Gasteiger partial charge in [-0.3, -0.25) is 5.10 Å². The molecular weight excluding hydrogens is 272 g/mol. The predicted octanol–water partition coefficient (Wildman–Crippen LogP) is 3.89. The molecule has 0 aliphatic heterocycles. The average Bonchev–Trinajstić information content (AvgIpc) is 2.94. The van der Waals surface area contributed by atoms with E-state index in [0.29, 0.717) is 5.92 Å². The van der Waals surface area contributed by atoms with E-state index < -0.39 is 0 Å². The molecule has 2 rings (SSSR count). The first-order valence-corrected chi connectivity index (χ1v) is 7.93. The Kier molecular flexibility index (Phi) is 5.90. The number of rotatable bonds is 7. The number of allylic oxidation sites excluding steroid dienone is 1. The Balaban J connectivity index is 2.05. The van der Waals surface area contributed by atoms with E-state index in [1.165, 1.54) is 11.1 Å². The molecule has 1 aromatic heterocycles. The second-order valence-electron chi connectivity index (χ2n) is 6.11. The van der Waals surface area contributed by atoms with E-state index in [-0.39, 0.29) is 6.04 Å². The van der Waals surface area contributed by atoms with Crippen molar-refractivity contribution >= 4 is 5.57 Å². The van der Waals surface area contributed by atoms with Gasteiger partial charge in [-0.05, 0) is 37.3 Å². The molecule has 2 aromatic rings. The van der Waals surface area contributed by atoms with Crippen LogP contribution in [0, 0.1) is 12.8 Å². The molecule has 0 spiro atoms. The lowest BCUT2D eigenvalue weighted by Gasteiger charge is -2.14. The molecule has 22 heavy (non-hydrogen) atoms. The van der Waals surface area contributed by atoms with Crippen LogP contribution in [0.3, 0.4) is 0 Å². The van der Waals surface area contributed by atoms with Gasteiger partial charge in [0, 0.05) is 6.54 Å². The molecule has 0 aliphatic rings. The SMILES string of the molecule is Cc1nc(C(C)NC/C(=C\CC(C)C)c2ccccc2)n[nH]1. The summed E-state index contributed by atoms with van der Waals surface area (Å²) in [6, 6.07) is 10.7. The first-order chi connectivity index (χ1) is 10.6. The molecule has 0 radical (unpaired) electrons. The molecule has 1 aromatic carbocycles. The van der Waals surface area contributed by atoms with Crippen LogP contribution in [0.25, 0.3) is 5.57 Å². The van der Waals surface area contributed by atoms with Crippen molar-refractivity contribution in [1.82, 2.24) is 20.5 Å². The van der Waals surface area contributed by atoms with Crippen molar-refractivity contribution in [2.24, 2.45) is 5.92 Å². The van der Waals surface area contributed by atoms with Crippen LogP contribution >= 0.6 is 0 Å². The molecule has 1 heterocycles. The normalized spacial score (nSPS) is 13.6. The Bertz CT molecular complexity index is 599. The minimum absolute atomic E-state index is 0.121. The molecule has 0 saturated carbocycles. The van der Waals surface area contributed by atoms with Gasteiger partial charge in [0.15, 0.2) is 5.82 Å². The van der Waals surface area contributed by atoms with Gasteiger partial charge in [-0.15, -0.1) is 0 Å². The fraction of sp³-hybridized carbons (Fsp3) is 0.444. The quantitative estimate of drug-likeness (QED) is 0.815. The van der Waals surface area contributed by atoms with Crippen molar-refractivity contribution in [3.63, 3.8) is 0 Å². The third-order valence-corrected chi connectivity index (χ3v) is 3.58. The van der Waals surface area contributed by atoms with Gasteiger partial charge in [-0.25, -0.2) is 4.98 Å². The highest BCUT2D eigenvalue weighted by molar-refractivity contribution is 5.66. The van der Waals surface area contributed by atoms with Crippen LogP contribution in [-0.4, -0.2) is 21.7 Å². The van der Waals surface area contributed by atoms with Gasteiger partial charge in [0.2, 0.25) is 0 Å². The Labute approximate surface area is 133 Å². The Morgan fingerprint density at radius 3 is 2.55 bits per heavy atom. The summed E-state index contributed by atoms with van der Waals surface area (Å²) in [6.45, 7) is 9.30. The molecule has 0 amide bonds. The largest absolute Gasteiger partial charge is 0.303 e. The van der Waals surface area contributed by atoms with E-state index >= 15 is 0 Å². The Morgan fingerprint density at radius 2 is 1.95 bits per heavy atom. The molecule has 4 nitrogen and oxygen atoms in total. The third-order valence-electron chi connectivity index (χ3n) is 3.58. The molecular formula is C18H26N4. The maximum atomic E-state index is 4.39. The summed E-state index contributed by atoms with van der Waals surface area (Å²) in [5.41, 5.74) is 2.60. The van der Waals surface area contributed by atoms with Crippen LogP contribution < -0.4 is 5.32 Å². The van der Waals surface area contributed by atoms with Crippen molar-refractivity contribution in [3.8, 4) is 0 Å². The average molecular weight is 298 g/mol. The number of hydrogen-bond acceptors (Lipinski definition) is 3. The van der Waals surface area contributed by atoms with Gasteiger partial charge in [0.25, 0.3) is 0 Å². The molecule has 2 N–H and O–H groups in total. The summed E-state index contributed by atoms with van der Waals surface area (Å²) in [5.74, 6) is 2.32. The number of benzene rings is 1. The molecule has 1 atom stereocenters. The number of aryl methyl sites for hydroxylation is 1. The molecule has 1 unspecified atom stereocenters. The monoisotopic (exact) mass is 298 g/mol. The smallest absolute Gasteiger partial charge is 0.167 e. The second-order valence-corrected chi connectivity index (χ2v) is 6.11. The number of aromatic amines is 1. The second kappa shape index (κ2) is 7.90. The Morgan fingerprint density at radius 1 is 1.23 bits per heavy atom. The van der Waals surface area contributed by atoms with Gasteiger partial charge in [0.05, 0.1) is 6.04 Å². The van der Waals surface area contributed by atoms with Crippen LogP contribution in [0.5, 0.6) is 0 Å². The first-order valence-electron chi connectivity index (χ1n) is 7.93. The number of nitrogens with one attached hydrogen (secondary N) is 2. The number of hydrogen-bond donors (Lipinski definition) is 2. The highest BCUT2D eigenvalue weighted by Gasteiger charge is 2.11. The zero-order valence-corrected chi connectivity index (χ0v) is 13.9. The maximum Gasteiger partial charge on any atom is 0.167 e. The summed E-state index contributed by atoms with van der Waals surface area (Å²) in [7, 11) is 0. The van der Waals surface area contributed by atoms with E-state index in [9.17, 15) is 0 Å². The van der Waals surface area contributed by atoms with E-state index in [0.717, 1.165) is 24.6 Å². The maximum absolute atomic E-state index is 4.39. The van der Waals surface area contributed by atoms with E-state index in [2.05, 4.69) is 77.7 Å². The molecule has 0 saturated heterocycles. The van der Waals surface area contributed by atoms with Gasteiger partial charge >= 0.3 is 0 Å². The van der Waals surface area contributed by atoms with Crippen LogP contribution in [0.4, 0.5) is 0 Å². The number of nitrogens with zero attached hydrogens (tertiary/aromatic N) is 2. The summed E-state index contributed by atoms with van der Waals surface area (Å²) >= 11 is 0. The lowest BCUT2D eigenvalue weighted by atomic mass is 10.0. The van der Waals surface area contributed by atoms with Crippen LogP contribution in [0.1, 0.15) is 50.4 Å².